The molecule has 1 aliphatic heterocycles. The van der Waals surface area contributed by atoms with Crippen molar-refractivity contribution in [2.75, 3.05) is 13.1 Å². The molecule has 1 aliphatic rings. The van der Waals surface area contributed by atoms with Crippen LogP contribution in [-0.2, 0) is 4.79 Å². The molecule has 1 aromatic heterocycles. The van der Waals surface area contributed by atoms with Gasteiger partial charge in [-0.2, -0.15) is 0 Å². The summed E-state index contributed by atoms with van der Waals surface area (Å²) in [5.74, 6) is -0.718. The van der Waals surface area contributed by atoms with E-state index in [2.05, 4.69) is 4.90 Å². The van der Waals surface area contributed by atoms with E-state index in [0.717, 1.165) is 30.8 Å². The molecule has 88 valence electrons. The Kier molecular flexibility index (Phi) is 3.96. The van der Waals surface area contributed by atoms with Crippen LogP contribution in [0.15, 0.2) is 17.5 Å². The van der Waals surface area contributed by atoms with Crippen LogP contribution < -0.4 is 0 Å². The molecule has 1 aromatic rings. The van der Waals surface area contributed by atoms with Gasteiger partial charge in [-0.3, -0.25) is 9.69 Å². The Balaban J connectivity index is 2.15. The first-order valence-electron chi connectivity index (χ1n) is 5.79. The van der Waals surface area contributed by atoms with E-state index in [1.807, 2.05) is 17.5 Å². The van der Waals surface area contributed by atoms with Gasteiger partial charge in [-0.25, -0.2) is 0 Å². The molecule has 1 atom stereocenters. The normalized spacial score (nSPS) is 20.2. The van der Waals surface area contributed by atoms with E-state index in [9.17, 15) is 9.90 Å². The first-order chi connectivity index (χ1) is 7.79. The van der Waals surface area contributed by atoms with Crippen LogP contribution in [0.25, 0.3) is 0 Å². The SMILES string of the molecule is O=C(O)C(c1cccs1)N1CCCCCC1. The molecule has 1 saturated heterocycles. The average Bonchev–Trinajstić information content (AvgIpc) is 2.62. The number of nitrogens with zero attached hydrogens (tertiary/aromatic N) is 1. The molecule has 1 unspecified atom stereocenters. The summed E-state index contributed by atoms with van der Waals surface area (Å²) in [7, 11) is 0. The molecule has 1 N–H and O–H groups in total. The number of carboxylic acids is 1. The van der Waals surface area contributed by atoms with Gasteiger partial charge in [0.2, 0.25) is 0 Å². The predicted octanol–water partition coefficient (Wildman–Crippen LogP) is 2.75. The van der Waals surface area contributed by atoms with Crippen molar-refractivity contribution in [2.24, 2.45) is 0 Å². The highest BCUT2D eigenvalue weighted by Crippen LogP contribution is 2.27. The molecule has 2 rings (SSSR count). The zero-order chi connectivity index (χ0) is 11.4. The van der Waals surface area contributed by atoms with Crippen molar-refractivity contribution in [1.29, 1.82) is 0 Å². The Morgan fingerprint density at radius 3 is 2.50 bits per heavy atom. The highest BCUT2D eigenvalue weighted by Gasteiger charge is 2.28. The van der Waals surface area contributed by atoms with E-state index in [1.165, 1.54) is 24.2 Å². The summed E-state index contributed by atoms with van der Waals surface area (Å²) in [6.07, 6.45) is 4.70. The minimum atomic E-state index is -0.718. The highest BCUT2D eigenvalue weighted by atomic mass is 32.1. The molecule has 3 nitrogen and oxygen atoms in total. The van der Waals surface area contributed by atoms with Gasteiger partial charge in [-0.1, -0.05) is 18.9 Å². The van der Waals surface area contributed by atoms with Crippen LogP contribution in [0.4, 0.5) is 0 Å². The van der Waals surface area contributed by atoms with Crippen molar-refractivity contribution in [3.8, 4) is 0 Å². The second kappa shape index (κ2) is 5.46. The Labute approximate surface area is 99.7 Å². The summed E-state index contributed by atoms with van der Waals surface area (Å²) < 4.78 is 0. The standard InChI is InChI=1S/C12H17NO2S/c14-12(15)11(10-6-5-9-16-10)13-7-3-1-2-4-8-13/h5-6,9,11H,1-4,7-8H2,(H,14,15). The maximum atomic E-state index is 11.4. The van der Waals surface area contributed by atoms with Gasteiger partial charge in [0.05, 0.1) is 0 Å². The van der Waals surface area contributed by atoms with Gasteiger partial charge in [0.1, 0.15) is 6.04 Å². The zero-order valence-electron chi connectivity index (χ0n) is 9.26. The number of hydrogen-bond donors (Lipinski definition) is 1. The summed E-state index contributed by atoms with van der Waals surface area (Å²) in [6.45, 7) is 1.82. The lowest BCUT2D eigenvalue weighted by Gasteiger charge is -2.26. The van der Waals surface area contributed by atoms with E-state index < -0.39 is 12.0 Å². The van der Waals surface area contributed by atoms with Crippen LogP contribution in [0.5, 0.6) is 0 Å². The molecule has 1 fully saturated rings. The largest absolute Gasteiger partial charge is 0.480 e. The van der Waals surface area contributed by atoms with Crippen molar-refractivity contribution in [3.05, 3.63) is 22.4 Å². The van der Waals surface area contributed by atoms with Crippen LogP contribution in [0.1, 0.15) is 36.6 Å². The monoisotopic (exact) mass is 239 g/mol. The zero-order valence-corrected chi connectivity index (χ0v) is 10.1. The highest BCUT2D eigenvalue weighted by molar-refractivity contribution is 7.10. The van der Waals surface area contributed by atoms with E-state index in [1.54, 1.807) is 0 Å². The number of likely N-dealkylation sites (tertiary alicyclic amines) is 1. The van der Waals surface area contributed by atoms with Crippen LogP contribution in [0.3, 0.4) is 0 Å². The summed E-state index contributed by atoms with van der Waals surface area (Å²) in [6, 6.07) is 3.42. The fourth-order valence-electron chi connectivity index (χ4n) is 2.26. The molecule has 0 spiro atoms. The molecule has 0 bridgehead atoms. The van der Waals surface area contributed by atoms with Gasteiger partial charge in [0.25, 0.3) is 0 Å². The van der Waals surface area contributed by atoms with Crippen molar-refractivity contribution in [2.45, 2.75) is 31.7 Å². The number of aliphatic carboxylic acids is 1. The van der Waals surface area contributed by atoms with Gasteiger partial charge >= 0.3 is 5.97 Å². The molecular formula is C12H17NO2S. The summed E-state index contributed by atoms with van der Waals surface area (Å²) in [5, 5.41) is 11.3. The van der Waals surface area contributed by atoms with Crippen molar-refractivity contribution in [3.63, 3.8) is 0 Å². The van der Waals surface area contributed by atoms with Crippen LogP contribution in [0, 0.1) is 0 Å². The third-order valence-corrected chi connectivity index (χ3v) is 3.98. The Bertz CT molecular complexity index is 329. The molecule has 2 heterocycles. The maximum Gasteiger partial charge on any atom is 0.326 e. The fourth-order valence-corrected chi connectivity index (χ4v) is 3.11. The van der Waals surface area contributed by atoms with Crippen LogP contribution in [-0.4, -0.2) is 29.1 Å². The lowest BCUT2D eigenvalue weighted by atomic mass is 10.2. The Hall–Kier alpha value is -0.870. The minimum absolute atomic E-state index is 0.432. The lowest BCUT2D eigenvalue weighted by molar-refractivity contribution is -0.143. The summed E-state index contributed by atoms with van der Waals surface area (Å²) >= 11 is 1.54. The summed E-state index contributed by atoms with van der Waals surface area (Å²) in [5.41, 5.74) is 0. The van der Waals surface area contributed by atoms with Gasteiger partial charge in [-0.05, 0) is 37.4 Å². The number of rotatable bonds is 3. The number of thiophene rings is 1. The Morgan fingerprint density at radius 1 is 1.31 bits per heavy atom. The topological polar surface area (TPSA) is 40.5 Å². The van der Waals surface area contributed by atoms with Crippen LogP contribution >= 0.6 is 11.3 Å². The number of hydrogen-bond acceptors (Lipinski definition) is 3. The molecule has 0 saturated carbocycles. The van der Waals surface area contributed by atoms with Gasteiger partial charge in [-0.15, -0.1) is 11.3 Å². The van der Waals surface area contributed by atoms with Crippen molar-refractivity contribution < 1.29 is 9.90 Å². The van der Waals surface area contributed by atoms with E-state index in [0.29, 0.717) is 0 Å². The lowest BCUT2D eigenvalue weighted by Crippen LogP contribution is -2.34. The van der Waals surface area contributed by atoms with Crippen molar-refractivity contribution >= 4 is 17.3 Å². The molecule has 4 heteroatoms. The molecule has 0 aliphatic carbocycles. The molecule has 0 aromatic carbocycles. The first-order valence-corrected chi connectivity index (χ1v) is 6.67. The third kappa shape index (κ3) is 2.62. The van der Waals surface area contributed by atoms with Gasteiger partial charge in [0, 0.05) is 4.88 Å². The van der Waals surface area contributed by atoms with Gasteiger partial charge < -0.3 is 5.11 Å². The van der Waals surface area contributed by atoms with E-state index in [4.69, 9.17) is 0 Å². The first kappa shape index (κ1) is 11.6. The van der Waals surface area contributed by atoms with Crippen molar-refractivity contribution in [1.82, 2.24) is 4.90 Å². The second-order valence-electron chi connectivity index (χ2n) is 4.21. The number of carbonyl (C=O) groups is 1. The minimum Gasteiger partial charge on any atom is -0.480 e. The molecule has 16 heavy (non-hydrogen) atoms. The average molecular weight is 239 g/mol. The van der Waals surface area contributed by atoms with E-state index in [-0.39, 0.29) is 0 Å². The van der Waals surface area contributed by atoms with Gasteiger partial charge in [0.15, 0.2) is 0 Å². The van der Waals surface area contributed by atoms with E-state index >= 15 is 0 Å². The van der Waals surface area contributed by atoms with Crippen LogP contribution in [0.2, 0.25) is 0 Å². The third-order valence-electron chi connectivity index (χ3n) is 3.05. The maximum absolute atomic E-state index is 11.4. The molecular weight excluding hydrogens is 222 g/mol. The molecule has 0 radical (unpaired) electrons. The second-order valence-corrected chi connectivity index (χ2v) is 5.19. The fraction of sp³-hybridized carbons (Fsp3) is 0.583. The Morgan fingerprint density at radius 2 is 2.00 bits per heavy atom. The predicted molar refractivity (Wildman–Crippen MR) is 64.7 cm³/mol. The quantitative estimate of drug-likeness (QED) is 0.881. The molecule has 0 amide bonds. The smallest absolute Gasteiger partial charge is 0.326 e. The summed E-state index contributed by atoms with van der Waals surface area (Å²) in [4.78, 5) is 14.4. The number of carboxylic acid groups (broad SMARTS) is 1.